The predicted octanol–water partition coefficient (Wildman–Crippen LogP) is 22.4. The minimum Gasteiger partial charge on any atom is -0.507 e. The molecule has 0 radical (unpaired) electrons. The molecular formula is C76H84N8O10S4. The second-order valence-electron chi connectivity index (χ2n) is 27.5. The molecule has 2 N–H and O–H groups in total. The standard InChI is InChI=1S/C76H84N8O10S4/c1-15-31-91-69-61-37-49(73(3,4)5)38-62(69)96-66-42-52(76(12,13)14)44-68(72(66)94-34-30-78-46-48-36-56(22-28-60(48)86)82-80-54-19-25-58(26-20-54)84(89)90)98-64-40-50(74(6,7)8)39-63(70(64)92-32-16-2)97-67-43-51(75(9,10)11)41-65(95-61)71(67)93-33-29-77-45-47-35-55(21-27-59(47)85)81-79-53-17-23-57(24-18-53)83(87)88/h17-28,35-46,85-86H,15-16,29-34H2,1-14H3. The number of non-ortho nitro benzene ring substituents is 2. The van der Waals surface area contributed by atoms with Gasteiger partial charge in [-0.1, -0.05) is 144 Å². The van der Waals surface area contributed by atoms with Crippen molar-refractivity contribution in [2.75, 3.05) is 39.5 Å². The number of hydrogen-bond donors (Lipinski definition) is 2. The Hall–Kier alpha value is -8.70. The Morgan fingerprint density at radius 3 is 0.867 bits per heavy atom. The monoisotopic (exact) mass is 1400 g/mol. The molecule has 98 heavy (non-hydrogen) atoms. The van der Waals surface area contributed by atoms with Crippen molar-refractivity contribution in [1.29, 1.82) is 0 Å². The van der Waals surface area contributed by atoms with Crippen molar-refractivity contribution in [1.82, 2.24) is 0 Å². The van der Waals surface area contributed by atoms with Gasteiger partial charge in [0.1, 0.15) is 47.7 Å². The lowest BCUT2D eigenvalue weighted by atomic mass is 9.87. The highest BCUT2D eigenvalue weighted by Crippen LogP contribution is 2.57. The Labute approximate surface area is 591 Å². The zero-order valence-electron chi connectivity index (χ0n) is 57.9. The summed E-state index contributed by atoms with van der Waals surface area (Å²) in [5, 5.41) is 61.6. The fraction of sp³-hybridized carbons (Fsp3) is 0.342. The van der Waals surface area contributed by atoms with Gasteiger partial charge in [0, 0.05) is 47.8 Å². The normalized spacial score (nSPS) is 13.0. The summed E-state index contributed by atoms with van der Waals surface area (Å²) >= 11 is 6.46. The number of rotatable bonds is 22. The topological polar surface area (TPSA) is 238 Å². The summed E-state index contributed by atoms with van der Waals surface area (Å²) in [6, 6.07) is 39.2. The van der Waals surface area contributed by atoms with Crippen LogP contribution in [0.1, 0.15) is 143 Å². The maximum Gasteiger partial charge on any atom is 0.269 e. The third kappa shape index (κ3) is 19.4. The van der Waals surface area contributed by atoms with Crippen LogP contribution in [-0.2, 0) is 21.7 Å². The highest BCUT2D eigenvalue weighted by molar-refractivity contribution is 8.01. The van der Waals surface area contributed by atoms with Gasteiger partial charge in [-0.2, -0.15) is 20.5 Å². The van der Waals surface area contributed by atoms with E-state index in [2.05, 4.69) is 166 Å². The Kier molecular flexibility index (Phi) is 23.9. The Morgan fingerprint density at radius 1 is 0.378 bits per heavy atom. The number of nitro benzene ring substituents is 2. The summed E-state index contributed by atoms with van der Waals surface area (Å²) in [5.41, 5.74) is 5.75. The molecule has 1 aliphatic heterocycles. The van der Waals surface area contributed by atoms with E-state index in [4.69, 9.17) is 28.9 Å². The van der Waals surface area contributed by atoms with Crippen molar-refractivity contribution in [2.45, 2.75) is 171 Å². The van der Waals surface area contributed by atoms with Crippen molar-refractivity contribution in [3.63, 3.8) is 0 Å². The highest BCUT2D eigenvalue weighted by atomic mass is 32.2. The number of fused-ring (bicyclic) bond motifs is 8. The first kappa shape index (κ1) is 73.5. The molecule has 1 heterocycles. The number of aromatic hydroxyl groups is 2. The first-order valence-electron chi connectivity index (χ1n) is 32.4. The number of aliphatic imine (C=N–C) groups is 2. The van der Waals surface area contributed by atoms with E-state index in [9.17, 15) is 30.4 Å². The number of hydrogen-bond acceptors (Lipinski definition) is 20. The average molecular weight is 1400 g/mol. The molecule has 512 valence electrons. The SMILES string of the molecule is CCCOc1c2cc(C(C)(C)C)cc1Sc1cc(C(C)(C)C)cc(c1OCCN=Cc1cc(N=Nc3ccc([N+](=O)[O-])cc3)ccc1O)Sc1cc(C(C)(C)C)cc(c1OCCC)Sc1cc(C(C)(C)C)cc(c1OCCN=Cc1cc(N=Nc3ccc([N+](=O)[O-])cc3)ccc1O)S2. The van der Waals surface area contributed by atoms with Crippen LogP contribution in [0.25, 0.3) is 0 Å². The molecule has 8 aromatic carbocycles. The van der Waals surface area contributed by atoms with E-state index in [-0.39, 0.29) is 70.8 Å². The third-order valence-corrected chi connectivity index (χ3v) is 19.6. The summed E-state index contributed by atoms with van der Waals surface area (Å²) in [5.74, 6) is 2.83. The van der Waals surface area contributed by atoms with Crippen LogP contribution in [0.2, 0.25) is 0 Å². The van der Waals surface area contributed by atoms with Crippen molar-refractivity contribution in [3.05, 3.63) is 187 Å². The number of ether oxygens (including phenoxy) is 4. The number of benzene rings is 8. The van der Waals surface area contributed by atoms with Gasteiger partial charge in [0.2, 0.25) is 0 Å². The first-order chi connectivity index (χ1) is 46.4. The van der Waals surface area contributed by atoms with Gasteiger partial charge in [0.25, 0.3) is 11.4 Å². The lowest BCUT2D eigenvalue weighted by Gasteiger charge is -2.28. The van der Waals surface area contributed by atoms with Crippen LogP contribution in [0.15, 0.2) is 203 Å². The van der Waals surface area contributed by atoms with E-state index in [0.29, 0.717) is 58.6 Å². The van der Waals surface area contributed by atoms with E-state index in [1.54, 1.807) is 83.7 Å². The molecule has 0 amide bonds. The predicted molar refractivity (Wildman–Crippen MR) is 395 cm³/mol. The largest absolute Gasteiger partial charge is 0.507 e. The van der Waals surface area contributed by atoms with E-state index in [1.807, 2.05) is 0 Å². The molecule has 9 rings (SSSR count). The third-order valence-electron chi connectivity index (χ3n) is 15.4. The van der Waals surface area contributed by atoms with E-state index < -0.39 is 9.85 Å². The van der Waals surface area contributed by atoms with Crippen LogP contribution in [0.3, 0.4) is 0 Å². The molecule has 1 aliphatic rings. The summed E-state index contributed by atoms with van der Waals surface area (Å²) < 4.78 is 28.3. The van der Waals surface area contributed by atoms with Crippen molar-refractivity contribution in [3.8, 4) is 34.5 Å². The average Bonchev–Trinajstić information content (AvgIpc) is 0.762. The van der Waals surface area contributed by atoms with E-state index in [1.165, 1.54) is 60.7 Å². The zero-order valence-corrected chi connectivity index (χ0v) is 61.2. The molecule has 18 nitrogen and oxygen atoms in total. The van der Waals surface area contributed by atoms with Gasteiger partial charge >= 0.3 is 0 Å². The number of nitrogens with zero attached hydrogens (tertiary/aromatic N) is 8. The molecule has 0 saturated carbocycles. The molecule has 0 fully saturated rings. The Balaban J connectivity index is 1.16. The molecule has 8 bridgehead atoms. The maximum absolute atomic E-state index is 11.2. The van der Waals surface area contributed by atoms with Crippen LogP contribution >= 0.6 is 47.0 Å². The fourth-order valence-corrected chi connectivity index (χ4v) is 14.5. The minimum atomic E-state index is -0.470. The minimum absolute atomic E-state index is 0.00576. The zero-order chi connectivity index (χ0) is 70.7. The van der Waals surface area contributed by atoms with Gasteiger partial charge in [-0.05, 0) is 166 Å². The molecule has 22 heteroatoms. The van der Waals surface area contributed by atoms with E-state index in [0.717, 1.165) is 85.8 Å². The number of phenols is 2. The smallest absolute Gasteiger partial charge is 0.269 e. The second-order valence-corrected chi connectivity index (χ2v) is 31.8. The van der Waals surface area contributed by atoms with E-state index >= 15 is 0 Å². The van der Waals surface area contributed by atoms with Gasteiger partial charge in [0.05, 0.1) is 98.1 Å². The second kappa shape index (κ2) is 31.9. The van der Waals surface area contributed by atoms with Gasteiger partial charge in [-0.25, -0.2) is 0 Å². The Bertz CT molecular complexity index is 3970. The first-order valence-corrected chi connectivity index (χ1v) is 35.7. The van der Waals surface area contributed by atoms with Crippen LogP contribution in [0.4, 0.5) is 34.1 Å². The molecule has 0 saturated heterocycles. The van der Waals surface area contributed by atoms with Crippen molar-refractivity contribution >= 4 is 93.6 Å². The number of azo groups is 2. The summed E-state index contributed by atoms with van der Waals surface area (Å²) in [6.45, 7) is 32.6. The summed E-state index contributed by atoms with van der Waals surface area (Å²) in [7, 11) is 0. The maximum atomic E-state index is 11.2. The molecule has 8 aromatic rings. The molecule has 0 atom stereocenters. The summed E-state index contributed by atoms with van der Waals surface area (Å²) in [6.07, 6.45) is 4.71. The summed E-state index contributed by atoms with van der Waals surface area (Å²) in [4.78, 5) is 38.2. The van der Waals surface area contributed by atoms with Crippen LogP contribution in [0.5, 0.6) is 34.5 Å². The molecule has 0 aromatic heterocycles. The van der Waals surface area contributed by atoms with Crippen LogP contribution < -0.4 is 18.9 Å². The lowest BCUT2D eigenvalue weighted by Crippen LogP contribution is -2.14. The van der Waals surface area contributed by atoms with Crippen molar-refractivity contribution < 1.29 is 39.0 Å². The Morgan fingerprint density at radius 2 is 0.622 bits per heavy atom. The van der Waals surface area contributed by atoms with Gasteiger partial charge in [-0.3, -0.25) is 30.2 Å². The van der Waals surface area contributed by atoms with Crippen LogP contribution in [-0.4, -0.2) is 72.0 Å². The van der Waals surface area contributed by atoms with Crippen molar-refractivity contribution in [2.24, 2.45) is 30.4 Å². The van der Waals surface area contributed by atoms with Gasteiger partial charge < -0.3 is 29.2 Å². The van der Waals surface area contributed by atoms with Crippen LogP contribution in [0, 0.1) is 20.2 Å². The molecule has 0 aliphatic carbocycles. The lowest BCUT2D eigenvalue weighted by molar-refractivity contribution is -0.385. The molecule has 0 unspecified atom stereocenters. The highest BCUT2D eigenvalue weighted by Gasteiger charge is 2.31. The molecule has 0 spiro atoms. The van der Waals surface area contributed by atoms with Gasteiger partial charge in [-0.15, -0.1) is 0 Å². The van der Waals surface area contributed by atoms with Gasteiger partial charge in [0.15, 0.2) is 0 Å². The number of nitro groups is 2. The quantitative estimate of drug-likeness (QED) is 0.0211. The number of phenolic OH excluding ortho intramolecular Hbond substituents is 2. The molecular weight excluding hydrogens is 1310 g/mol. The fourth-order valence-electron chi connectivity index (χ4n) is 9.75.